The molecule has 0 saturated heterocycles. The number of benzene rings is 2. The van der Waals surface area contributed by atoms with Crippen molar-refractivity contribution < 1.29 is 23.8 Å². The molecule has 26 heavy (non-hydrogen) atoms. The van der Waals surface area contributed by atoms with Gasteiger partial charge in [-0.05, 0) is 30.3 Å². The van der Waals surface area contributed by atoms with Crippen molar-refractivity contribution in [2.24, 2.45) is 5.73 Å². The summed E-state index contributed by atoms with van der Waals surface area (Å²) in [7, 11) is 0. The van der Waals surface area contributed by atoms with E-state index in [4.69, 9.17) is 31.5 Å². The first-order valence-corrected chi connectivity index (χ1v) is 8.28. The maximum atomic E-state index is 12.0. The minimum absolute atomic E-state index is 0.117. The summed E-state index contributed by atoms with van der Waals surface area (Å²) in [5, 5.41) is 3.05. The number of nitrogens with two attached hydrogens (primary N) is 1. The number of primary amides is 1. The quantitative estimate of drug-likeness (QED) is 0.800. The van der Waals surface area contributed by atoms with Gasteiger partial charge in [0, 0.05) is 5.02 Å². The van der Waals surface area contributed by atoms with Gasteiger partial charge in [-0.15, -0.1) is 0 Å². The highest BCUT2D eigenvalue weighted by atomic mass is 35.5. The van der Waals surface area contributed by atoms with Gasteiger partial charge in [-0.1, -0.05) is 23.7 Å². The lowest BCUT2D eigenvalue weighted by Gasteiger charge is -2.26. The zero-order chi connectivity index (χ0) is 18.5. The number of amides is 2. The van der Waals surface area contributed by atoms with Gasteiger partial charge >= 0.3 is 0 Å². The van der Waals surface area contributed by atoms with E-state index >= 15 is 0 Å². The van der Waals surface area contributed by atoms with Crippen LogP contribution in [0, 0.1) is 0 Å². The molecule has 1 atom stereocenters. The molecule has 2 aromatic carbocycles. The van der Waals surface area contributed by atoms with Crippen LogP contribution in [0.3, 0.4) is 0 Å². The van der Waals surface area contributed by atoms with Crippen LogP contribution >= 0.6 is 11.6 Å². The van der Waals surface area contributed by atoms with E-state index in [1.54, 1.807) is 12.1 Å². The van der Waals surface area contributed by atoms with E-state index in [1.807, 2.05) is 18.2 Å². The Balaban J connectivity index is 1.49. The third-order valence-corrected chi connectivity index (χ3v) is 3.90. The SMILES string of the molecule is NC(=O)c1cc(Cl)ccc1OCC(=O)NC[C@H]1COc2ccccc2O1. The Bertz CT molecular complexity index is 827. The van der Waals surface area contributed by atoms with Gasteiger partial charge in [0.25, 0.3) is 11.8 Å². The maximum absolute atomic E-state index is 12.0. The molecule has 0 aliphatic carbocycles. The fourth-order valence-corrected chi connectivity index (χ4v) is 2.58. The Morgan fingerprint density at radius 2 is 2.00 bits per heavy atom. The normalized spacial score (nSPS) is 15.2. The van der Waals surface area contributed by atoms with Crippen LogP contribution in [0.4, 0.5) is 0 Å². The third-order valence-electron chi connectivity index (χ3n) is 3.66. The molecule has 0 bridgehead atoms. The zero-order valence-electron chi connectivity index (χ0n) is 13.7. The van der Waals surface area contributed by atoms with Gasteiger partial charge in [-0.25, -0.2) is 0 Å². The number of nitrogens with one attached hydrogen (secondary N) is 1. The largest absolute Gasteiger partial charge is 0.486 e. The molecule has 7 nitrogen and oxygen atoms in total. The summed E-state index contributed by atoms with van der Waals surface area (Å²) >= 11 is 5.83. The second kappa shape index (κ2) is 7.97. The molecule has 3 rings (SSSR count). The maximum Gasteiger partial charge on any atom is 0.258 e. The summed E-state index contributed by atoms with van der Waals surface area (Å²) in [6, 6.07) is 11.8. The summed E-state index contributed by atoms with van der Waals surface area (Å²) in [5.41, 5.74) is 5.39. The van der Waals surface area contributed by atoms with Gasteiger partial charge in [0.05, 0.1) is 12.1 Å². The molecule has 1 aliphatic rings. The molecule has 2 amide bonds. The van der Waals surface area contributed by atoms with Gasteiger partial charge in [0.15, 0.2) is 18.1 Å². The van der Waals surface area contributed by atoms with E-state index in [1.165, 1.54) is 12.1 Å². The Hall–Kier alpha value is -2.93. The molecule has 3 N–H and O–H groups in total. The standard InChI is InChI=1S/C18H17ClN2O5/c19-11-5-6-14(13(7-11)18(20)23)25-10-17(22)21-8-12-9-24-15-3-1-2-4-16(15)26-12/h1-7,12H,8-10H2,(H2,20,23)(H,21,22)/t12-/m0/s1. The number of hydrogen-bond acceptors (Lipinski definition) is 5. The molecule has 2 aromatic rings. The predicted molar refractivity (Wildman–Crippen MR) is 94.8 cm³/mol. The monoisotopic (exact) mass is 376 g/mol. The van der Waals surface area contributed by atoms with Gasteiger partial charge < -0.3 is 25.3 Å². The lowest BCUT2D eigenvalue weighted by molar-refractivity contribution is -0.123. The van der Waals surface area contributed by atoms with Crippen molar-refractivity contribution in [2.75, 3.05) is 19.8 Å². The lowest BCUT2D eigenvalue weighted by Crippen LogP contribution is -2.42. The fourth-order valence-electron chi connectivity index (χ4n) is 2.41. The number of hydrogen-bond donors (Lipinski definition) is 2. The number of para-hydroxylation sites is 2. The Morgan fingerprint density at radius 1 is 1.23 bits per heavy atom. The average molecular weight is 377 g/mol. The molecule has 0 spiro atoms. The van der Waals surface area contributed by atoms with Gasteiger partial charge in [-0.2, -0.15) is 0 Å². The molecular weight excluding hydrogens is 360 g/mol. The van der Waals surface area contributed by atoms with E-state index in [0.29, 0.717) is 23.1 Å². The molecular formula is C18H17ClN2O5. The minimum atomic E-state index is -0.686. The van der Waals surface area contributed by atoms with Crippen molar-refractivity contribution in [3.8, 4) is 17.2 Å². The molecule has 8 heteroatoms. The van der Waals surface area contributed by atoms with E-state index in [9.17, 15) is 9.59 Å². The molecule has 0 saturated carbocycles. The Kier molecular flexibility index (Phi) is 5.48. The summed E-state index contributed by atoms with van der Waals surface area (Å²) < 4.78 is 16.7. The van der Waals surface area contributed by atoms with Gasteiger partial charge in [-0.3, -0.25) is 9.59 Å². The number of halogens is 1. The fraction of sp³-hybridized carbons (Fsp3) is 0.222. The van der Waals surface area contributed by atoms with Crippen molar-refractivity contribution in [3.63, 3.8) is 0 Å². The van der Waals surface area contributed by atoms with E-state index in [2.05, 4.69) is 5.32 Å². The summed E-state index contributed by atoms with van der Waals surface area (Å²) in [6.07, 6.45) is -0.300. The number of ether oxygens (including phenoxy) is 3. The topological polar surface area (TPSA) is 99.9 Å². The number of carbonyl (C=O) groups is 2. The van der Waals surface area contributed by atoms with Crippen molar-refractivity contribution in [1.29, 1.82) is 0 Å². The first-order chi connectivity index (χ1) is 12.5. The molecule has 0 unspecified atom stereocenters. The molecule has 1 aliphatic heterocycles. The highest BCUT2D eigenvalue weighted by Gasteiger charge is 2.21. The molecule has 0 fully saturated rings. The van der Waals surface area contributed by atoms with Gasteiger partial charge in [0.1, 0.15) is 18.5 Å². The Morgan fingerprint density at radius 3 is 2.77 bits per heavy atom. The van der Waals surface area contributed by atoms with Crippen LogP contribution in [0.25, 0.3) is 0 Å². The summed E-state index contributed by atoms with van der Waals surface area (Å²) in [5.74, 6) is 0.469. The smallest absolute Gasteiger partial charge is 0.258 e. The molecule has 1 heterocycles. The first-order valence-electron chi connectivity index (χ1n) is 7.90. The number of rotatable bonds is 6. The number of fused-ring (bicyclic) bond motifs is 1. The van der Waals surface area contributed by atoms with Crippen molar-refractivity contribution >= 4 is 23.4 Å². The van der Waals surface area contributed by atoms with Crippen LogP contribution in [0.2, 0.25) is 5.02 Å². The van der Waals surface area contributed by atoms with Crippen LogP contribution in [0.5, 0.6) is 17.2 Å². The zero-order valence-corrected chi connectivity index (χ0v) is 14.5. The third kappa shape index (κ3) is 4.37. The van der Waals surface area contributed by atoms with Crippen LogP contribution in [0.15, 0.2) is 42.5 Å². The first kappa shape index (κ1) is 17.9. The highest BCUT2D eigenvalue weighted by molar-refractivity contribution is 6.31. The van der Waals surface area contributed by atoms with Crippen molar-refractivity contribution in [2.45, 2.75) is 6.10 Å². The van der Waals surface area contributed by atoms with Crippen molar-refractivity contribution in [1.82, 2.24) is 5.32 Å². The molecule has 0 radical (unpaired) electrons. The number of carbonyl (C=O) groups excluding carboxylic acids is 2. The van der Waals surface area contributed by atoms with E-state index < -0.39 is 5.91 Å². The van der Waals surface area contributed by atoms with Crippen LogP contribution in [-0.2, 0) is 4.79 Å². The van der Waals surface area contributed by atoms with Crippen LogP contribution in [0.1, 0.15) is 10.4 Å². The highest BCUT2D eigenvalue weighted by Crippen LogP contribution is 2.30. The predicted octanol–water partition coefficient (Wildman–Crippen LogP) is 1.77. The van der Waals surface area contributed by atoms with Crippen molar-refractivity contribution in [3.05, 3.63) is 53.1 Å². The lowest BCUT2D eigenvalue weighted by atomic mass is 10.2. The van der Waals surface area contributed by atoms with Crippen LogP contribution in [-0.4, -0.2) is 37.7 Å². The Labute approximate surface area is 155 Å². The molecule has 136 valence electrons. The van der Waals surface area contributed by atoms with E-state index in [0.717, 1.165) is 0 Å². The summed E-state index contributed by atoms with van der Waals surface area (Å²) in [4.78, 5) is 23.4. The second-order valence-electron chi connectivity index (χ2n) is 5.60. The van der Waals surface area contributed by atoms with Crippen LogP contribution < -0.4 is 25.3 Å². The molecule has 0 aromatic heterocycles. The van der Waals surface area contributed by atoms with E-state index in [-0.39, 0.29) is 36.5 Å². The minimum Gasteiger partial charge on any atom is -0.486 e. The summed E-state index contributed by atoms with van der Waals surface area (Å²) in [6.45, 7) is 0.326. The average Bonchev–Trinajstić information content (AvgIpc) is 2.65. The van der Waals surface area contributed by atoms with Gasteiger partial charge in [0.2, 0.25) is 0 Å². The second-order valence-corrected chi connectivity index (χ2v) is 6.03.